The van der Waals surface area contributed by atoms with Gasteiger partial charge in [0, 0.05) is 6.04 Å². The van der Waals surface area contributed by atoms with Gasteiger partial charge in [0.05, 0.1) is 11.8 Å². The van der Waals surface area contributed by atoms with Crippen molar-refractivity contribution in [3.63, 3.8) is 0 Å². The Morgan fingerprint density at radius 3 is 1.86 bits per heavy atom. The molecule has 1 aliphatic carbocycles. The second-order valence-corrected chi connectivity index (χ2v) is 3.34. The molecular weight excluding hydrogens is 190 g/mol. The maximum atomic E-state index is 10.7. The monoisotopic (exact) mass is 201 g/mol. The molecule has 0 aromatic carbocycles. The first kappa shape index (κ1) is 10.5. The van der Waals surface area contributed by atoms with Crippen LogP contribution in [0.5, 0.6) is 0 Å². The Hall–Kier alpha value is -1.59. The number of carboxylic acids is 2. The van der Waals surface area contributed by atoms with Crippen LogP contribution in [0.1, 0.15) is 12.8 Å². The van der Waals surface area contributed by atoms with E-state index >= 15 is 0 Å². The number of carboxylic acid groups (broad SMARTS) is 2. The lowest BCUT2D eigenvalue weighted by Crippen LogP contribution is -2.25. The SMILES string of the molecule is O=CNC1CC(C(=O)O)C(C(=O)O)C1. The summed E-state index contributed by atoms with van der Waals surface area (Å²) in [6.07, 6.45) is 0.837. The van der Waals surface area contributed by atoms with Crippen LogP contribution in [0.25, 0.3) is 0 Å². The predicted octanol–water partition coefficient (Wildman–Crippen LogP) is -0.704. The van der Waals surface area contributed by atoms with Crippen LogP contribution in [-0.4, -0.2) is 34.6 Å². The topological polar surface area (TPSA) is 104 Å². The smallest absolute Gasteiger partial charge is 0.307 e. The van der Waals surface area contributed by atoms with Crippen molar-refractivity contribution in [2.75, 3.05) is 0 Å². The molecule has 0 heterocycles. The highest BCUT2D eigenvalue weighted by atomic mass is 16.4. The Labute approximate surface area is 79.9 Å². The van der Waals surface area contributed by atoms with Crippen molar-refractivity contribution >= 4 is 18.3 Å². The van der Waals surface area contributed by atoms with Crippen LogP contribution >= 0.6 is 0 Å². The zero-order valence-corrected chi connectivity index (χ0v) is 7.34. The van der Waals surface area contributed by atoms with Gasteiger partial charge in [-0.2, -0.15) is 0 Å². The van der Waals surface area contributed by atoms with Crippen molar-refractivity contribution in [1.29, 1.82) is 0 Å². The minimum absolute atomic E-state index is 0.186. The number of carbonyl (C=O) groups is 3. The summed E-state index contributed by atoms with van der Waals surface area (Å²) >= 11 is 0. The largest absolute Gasteiger partial charge is 0.481 e. The molecule has 0 aromatic heterocycles. The number of hydrogen-bond donors (Lipinski definition) is 3. The molecule has 0 bridgehead atoms. The number of rotatable bonds is 4. The molecule has 2 unspecified atom stereocenters. The number of aliphatic carboxylic acids is 2. The summed E-state index contributed by atoms with van der Waals surface area (Å²) in [4.78, 5) is 31.5. The van der Waals surface area contributed by atoms with Crippen molar-refractivity contribution in [2.24, 2.45) is 11.8 Å². The lowest BCUT2D eigenvalue weighted by molar-refractivity contribution is -0.152. The first-order valence-electron chi connectivity index (χ1n) is 4.21. The van der Waals surface area contributed by atoms with Crippen LogP contribution in [0.4, 0.5) is 0 Å². The Morgan fingerprint density at radius 2 is 1.57 bits per heavy atom. The second kappa shape index (κ2) is 4.08. The van der Waals surface area contributed by atoms with Gasteiger partial charge in [-0.3, -0.25) is 14.4 Å². The van der Waals surface area contributed by atoms with Gasteiger partial charge in [-0.25, -0.2) is 0 Å². The molecule has 0 saturated heterocycles. The molecule has 2 atom stereocenters. The molecule has 1 saturated carbocycles. The molecule has 0 aromatic rings. The van der Waals surface area contributed by atoms with E-state index < -0.39 is 23.8 Å². The molecule has 6 heteroatoms. The summed E-state index contributed by atoms with van der Waals surface area (Å²) in [7, 11) is 0. The van der Waals surface area contributed by atoms with Crippen LogP contribution in [0.2, 0.25) is 0 Å². The van der Waals surface area contributed by atoms with Crippen LogP contribution < -0.4 is 5.32 Å². The lowest BCUT2D eigenvalue weighted by Gasteiger charge is -2.08. The first-order valence-corrected chi connectivity index (χ1v) is 4.21. The van der Waals surface area contributed by atoms with Crippen molar-refractivity contribution in [2.45, 2.75) is 18.9 Å². The Bertz CT molecular complexity index is 242. The van der Waals surface area contributed by atoms with Gasteiger partial charge in [0.1, 0.15) is 0 Å². The molecule has 14 heavy (non-hydrogen) atoms. The number of nitrogens with one attached hydrogen (secondary N) is 1. The average Bonchev–Trinajstić information content (AvgIpc) is 2.49. The molecule has 1 fully saturated rings. The van der Waals surface area contributed by atoms with Gasteiger partial charge in [0.2, 0.25) is 6.41 Å². The van der Waals surface area contributed by atoms with Gasteiger partial charge < -0.3 is 15.5 Å². The fraction of sp³-hybridized carbons (Fsp3) is 0.625. The Morgan fingerprint density at radius 1 is 1.14 bits per heavy atom. The number of amides is 1. The van der Waals surface area contributed by atoms with E-state index in [1.165, 1.54) is 0 Å². The molecule has 3 N–H and O–H groups in total. The number of carbonyl (C=O) groups excluding carboxylic acids is 1. The molecule has 1 rings (SSSR count). The minimum atomic E-state index is -1.12. The third-order valence-electron chi connectivity index (χ3n) is 2.50. The van der Waals surface area contributed by atoms with E-state index in [0.29, 0.717) is 6.41 Å². The molecule has 0 spiro atoms. The van der Waals surface area contributed by atoms with E-state index in [1.54, 1.807) is 0 Å². The molecule has 1 aliphatic rings. The summed E-state index contributed by atoms with van der Waals surface area (Å²) < 4.78 is 0. The Kier molecular flexibility index (Phi) is 3.06. The van der Waals surface area contributed by atoms with E-state index in [4.69, 9.17) is 10.2 Å². The van der Waals surface area contributed by atoms with E-state index in [9.17, 15) is 14.4 Å². The molecule has 6 nitrogen and oxygen atoms in total. The minimum Gasteiger partial charge on any atom is -0.481 e. The van der Waals surface area contributed by atoms with Crippen LogP contribution in [0.3, 0.4) is 0 Å². The maximum Gasteiger partial charge on any atom is 0.307 e. The highest BCUT2D eigenvalue weighted by Crippen LogP contribution is 2.32. The highest BCUT2D eigenvalue weighted by Gasteiger charge is 2.42. The van der Waals surface area contributed by atoms with Crippen LogP contribution in [-0.2, 0) is 14.4 Å². The summed E-state index contributed by atoms with van der Waals surface area (Å²) in [6, 6.07) is -0.338. The first-order chi connectivity index (χ1) is 6.56. The predicted molar refractivity (Wildman–Crippen MR) is 44.5 cm³/mol. The summed E-state index contributed by atoms with van der Waals surface area (Å²) in [5, 5.41) is 19.9. The van der Waals surface area contributed by atoms with Crippen molar-refractivity contribution in [3.05, 3.63) is 0 Å². The molecule has 1 amide bonds. The second-order valence-electron chi connectivity index (χ2n) is 3.34. The zero-order chi connectivity index (χ0) is 10.7. The average molecular weight is 201 g/mol. The van der Waals surface area contributed by atoms with Gasteiger partial charge in [-0.15, -0.1) is 0 Å². The summed E-state index contributed by atoms with van der Waals surface area (Å²) in [5.41, 5.74) is 0. The lowest BCUT2D eigenvalue weighted by atomic mass is 9.97. The van der Waals surface area contributed by atoms with Gasteiger partial charge in [0.15, 0.2) is 0 Å². The highest BCUT2D eigenvalue weighted by molar-refractivity contribution is 5.81. The molecular formula is C8H11NO5. The quantitative estimate of drug-likeness (QED) is 0.521. The molecule has 78 valence electrons. The summed E-state index contributed by atoms with van der Waals surface area (Å²) in [5.74, 6) is -4.03. The van der Waals surface area contributed by atoms with Crippen LogP contribution in [0.15, 0.2) is 0 Å². The van der Waals surface area contributed by atoms with Crippen molar-refractivity contribution in [1.82, 2.24) is 5.32 Å². The maximum absolute atomic E-state index is 10.7. The van der Waals surface area contributed by atoms with Crippen molar-refractivity contribution < 1.29 is 24.6 Å². The third kappa shape index (κ3) is 2.01. The van der Waals surface area contributed by atoms with Crippen LogP contribution in [0, 0.1) is 11.8 Å². The Balaban J connectivity index is 2.69. The van der Waals surface area contributed by atoms with E-state index in [2.05, 4.69) is 5.32 Å². The van der Waals surface area contributed by atoms with E-state index in [-0.39, 0.29) is 18.9 Å². The molecule has 0 radical (unpaired) electrons. The van der Waals surface area contributed by atoms with Gasteiger partial charge in [0.25, 0.3) is 0 Å². The van der Waals surface area contributed by atoms with Gasteiger partial charge >= 0.3 is 11.9 Å². The van der Waals surface area contributed by atoms with E-state index in [1.807, 2.05) is 0 Å². The zero-order valence-electron chi connectivity index (χ0n) is 7.34. The number of hydrogen-bond acceptors (Lipinski definition) is 3. The van der Waals surface area contributed by atoms with Gasteiger partial charge in [-0.1, -0.05) is 0 Å². The molecule has 0 aliphatic heterocycles. The summed E-state index contributed by atoms with van der Waals surface area (Å²) in [6.45, 7) is 0. The fourth-order valence-electron chi connectivity index (χ4n) is 1.82. The fourth-order valence-corrected chi connectivity index (χ4v) is 1.82. The normalized spacial score (nSPS) is 31.0. The van der Waals surface area contributed by atoms with E-state index in [0.717, 1.165) is 0 Å². The standard InChI is InChI=1S/C8H11NO5/c10-3-9-4-1-5(7(11)12)6(2-4)8(13)14/h3-6H,1-2H2,(H,9,10)(H,11,12)(H,13,14). The van der Waals surface area contributed by atoms with Gasteiger partial charge in [-0.05, 0) is 12.8 Å². The third-order valence-corrected chi connectivity index (χ3v) is 2.50. The van der Waals surface area contributed by atoms with Crippen molar-refractivity contribution in [3.8, 4) is 0 Å².